The van der Waals surface area contributed by atoms with Gasteiger partial charge in [-0.3, -0.25) is 10.1 Å². The average Bonchev–Trinajstić information content (AvgIpc) is 3.27. The van der Waals surface area contributed by atoms with Gasteiger partial charge in [0.25, 0.3) is 5.91 Å². The quantitative estimate of drug-likeness (QED) is 0.575. The Morgan fingerprint density at radius 1 is 1.09 bits per heavy atom. The molecule has 0 unspecified atom stereocenters. The highest BCUT2D eigenvalue weighted by atomic mass is 32.2. The second-order valence-corrected chi connectivity index (χ2v) is 10.1. The highest BCUT2D eigenvalue weighted by Crippen LogP contribution is 2.28. The minimum absolute atomic E-state index is 0.0277. The van der Waals surface area contributed by atoms with E-state index >= 15 is 0 Å². The number of hydrogen-bond acceptors (Lipinski definition) is 9. The lowest BCUT2D eigenvalue weighted by Gasteiger charge is -2.31. The molecule has 0 bridgehead atoms. The predicted molar refractivity (Wildman–Crippen MR) is 122 cm³/mol. The van der Waals surface area contributed by atoms with Crippen molar-refractivity contribution in [1.29, 1.82) is 0 Å². The Morgan fingerprint density at radius 2 is 1.82 bits per heavy atom. The third-order valence-corrected chi connectivity index (χ3v) is 7.61. The summed E-state index contributed by atoms with van der Waals surface area (Å²) in [5.74, 6) is -1.25. The number of esters is 1. The lowest BCUT2D eigenvalue weighted by molar-refractivity contribution is -0.119. The summed E-state index contributed by atoms with van der Waals surface area (Å²) < 4.78 is 43.4. The van der Waals surface area contributed by atoms with Crippen molar-refractivity contribution >= 4 is 33.5 Å². The van der Waals surface area contributed by atoms with Crippen LogP contribution < -0.4 is 10.2 Å². The third-order valence-electron chi connectivity index (χ3n) is 5.72. The van der Waals surface area contributed by atoms with E-state index in [-0.39, 0.29) is 16.3 Å². The van der Waals surface area contributed by atoms with Crippen molar-refractivity contribution in [2.75, 3.05) is 56.2 Å². The van der Waals surface area contributed by atoms with E-state index < -0.39 is 28.5 Å². The van der Waals surface area contributed by atoms with Crippen molar-refractivity contribution in [2.45, 2.75) is 31.1 Å². The number of ether oxygens (including phenoxy) is 2. The van der Waals surface area contributed by atoms with Gasteiger partial charge in [0.2, 0.25) is 15.9 Å². The van der Waals surface area contributed by atoms with Crippen LogP contribution in [-0.2, 0) is 24.3 Å². The van der Waals surface area contributed by atoms with Gasteiger partial charge in [-0.15, -0.1) is 0 Å². The minimum atomic E-state index is -3.75. The molecule has 3 heterocycles. The number of sulfonamides is 1. The molecule has 184 valence electrons. The molecule has 2 aliphatic heterocycles. The number of nitrogens with zero attached hydrogens (tertiary/aromatic N) is 3. The first-order chi connectivity index (χ1) is 16.3. The molecule has 1 N–H and O–H groups in total. The van der Waals surface area contributed by atoms with Crippen molar-refractivity contribution in [3.8, 4) is 0 Å². The monoisotopic (exact) mass is 492 g/mol. The van der Waals surface area contributed by atoms with E-state index in [1.807, 2.05) is 4.90 Å². The zero-order chi connectivity index (χ0) is 24.1. The SMILES string of the molecule is Cc1cc(NC(=O)COC(=O)c2cc(S(=O)(=O)N3CCCCC3)ccc2N2CCOCC2)on1. The summed E-state index contributed by atoms with van der Waals surface area (Å²) in [6, 6.07) is 6.01. The number of hydrogen-bond donors (Lipinski definition) is 1. The van der Waals surface area contributed by atoms with E-state index in [1.54, 1.807) is 13.0 Å². The molecule has 2 aliphatic rings. The Hall–Kier alpha value is -2.96. The summed E-state index contributed by atoms with van der Waals surface area (Å²) in [4.78, 5) is 27.2. The molecule has 34 heavy (non-hydrogen) atoms. The Kier molecular flexibility index (Phi) is 7.49. The maximum absolute atomic E-state index is 13.2. The molecule has 0 aliphatic carbocycles. The highest BCUT2D eigenvalue weighted by Gasteiger charge is 2.29. The molecule has 0 atom stereocenters. The van der Waals surface area contributed by atoms with Crippen molar-refractivity contribution in [3.05, 3.63) is 35.5 Å². The van der Waals surface area contributed by atoms with Crippen LogP contribution in [0.4, 0.5) is 11.6 Å². The van der Waals surface area contributed by atoms with Gasteiger partial charge in [-0.05, 0) is 38.0 Å². The van der Waals surface area contributed by atoms with Gasteiger partial charge in [0.1, 0.15) is 0 Å². The number of benzene rings is 1. The molecule has 0 radical (unpaired) electrons. The van der Waals surface area contributed by atoms with Crippen molar-refractivity contribution in [3.63, 3.8) is 0 Å². The standard InChI is InChI=1S/C22H28N4O7S/c1-16-13-21(33-24-16)23-20(27)15-32-22(28)18-14-17(34(29,30)26-7-3-2-4-8-26)5-6-19(18)25-9-11-31-12-10-25/h5-6,13-14H,2-4,7-12,15H2,1H3,(H,23,27). The first-order valence-electron chi connectivity index (χ1n) is 11.2. The number of carbonyl (C=O) groups is 2. The van der Waals surface area contributed by atoms with Gasteiger partial charge in [0.15, 0.2) is 6.61 Å². The summed E-state index contributed by atoms with van der Waals surface area (Å²) in [6.07, 6.45) is 2.61. The van der Waals surface area contributed by atoms with E-state index in [2.05, 4.69) is 10.5 Å². The zero-order valence-corrected chi connectivity index (χ0v) is 19.8. The van der Waals surface area contributed by atoms with Gasteiger partial charge >= 0.3 is 5.97 Å². The molecule has 1 amide bonds. The molecule has 12 heteroatoms. The third kappa shape index (κ3) is 5.57. The van der Waals surface area contributed by atoms with Crippen LogP contribution in [0.1, 0.15) is 35.3 Å². The first-order valence-corrected chi connectivity index (χ1v) is 12.7. The van der Waals surface area contributed by atoms with Crippen molar-refractivity contribution < 1.29 is 32.0 Å². The van der Waals surface area contributed by atoms with E-state index in [9.17, 15) is 18.0 Å². The number of aromatic nitrogens is 1. The number of nitrogens with one attached hydrogen (secondary N) is 1. The lowest BCUT2D eigenvalue weighted by Crippen LogP contribution is -2.38. The molecule has 4 rings (SSSR count). The smallest absolute Gasteiger partial charge is 0.340 e. The number of carbonyl (C=O) groups excluding carboxylic acids is 2. The van der Waals surface area contributed by atoms with Crippen LogP contribution >= 0.6 is 0 Å². The number of morpholine rings is 1. The topological polar surface area (TPSA) is 131 Å². The summed E-state index contributed by atoms with van der Waals surface area (Å²) in [5.41, 5.74) is 1.22. The van der Waals surface area contributed by atoms with E-state index in [1.165, 1.54) is 22.5 Å². The average molecular weight is 493 g/mol. The number of piperidine rings is 1. The van der Waals surface area contributed by atoms with Crippen LogP contribution in [-0.4, -0.2) is 75.8 Å². The molecule has 0 spiro atoms. The fourth-order valence-electron chi connectivity index (χ4n) is 3.98. The molecule has 1 aromatic heterocycles. The second kappa shape index (κ2) is 10.5. The van der Waals surface area contributed by atoms with E-state index in [4.69, 9.17) is 14.0 Å². The van der Waals surface area contributed by atoms with Crippen molar-refractivity contribution in [2.24, 2.45) is 0 Å². The Labute approximate surface area is 198 Å². The van der Waals surface area contributed by atoms with E-state index in [0.29, 0.717) is 50.8 Å². The fraction of sp³-hybridized carbons (Fsp3) is 0.500. The van der Waals surface area contributed by atoms with Gasteiger partial charge in [0, 0.05) is 32.2 Å². The first kappa shape index (κ1) is 24.2. The van der Waals surface area contributed by atoms with Gasteiger partial charge in [-0.1, -0.05) is 11.6 Å². The number of amides is 1. The molecule has 0 saturated carbocycles. The molecular formula is C22H28N4O7S. The van der Waals surface area contributed by atoms with Crippen LogP contribution in [0.15, 0.2) is 33.7 Å². The fourth-order valence-corrected chi connectivity index (χ4v) is 5.52. The Morgan fingerprint density at radius 3 is 2.50 bits per heavy atom. The van der Waals surface area contributed by atoms with Crippen molar-refractivity contribution in [1.82, 2.24) is 9.46 Å². The predicted octanol–water partition coefficient (Wildman–Crippen LogP) is 1.79. The zero-order valence-electron chi connectivity index (χ0n) is 19.0. The summed E-state index contributed by atoms with van der Waals surface area (Å²) >= 11 is 0. The summed E-state index contributed by atoms with van der Waals surface area (Å²) in [7, 11) is -3.75. The molecule has 2 saturated heterocycles. The Bertz CT molecular complexity index is 1140. The van der Waals surface area contributed by atoms with E-state index in [0.717, 1.165) is 19.3 Å². The highest BCUT2D eigenvalue weighted by molar-refractivity contribution is 7.89. The number of anilines is 2. The van der Waals surface area contributed by atoms with Crippen LogP contribution in [0.25, 0.3) is 0 Å². The molecule has 2 aromatic rings. The number of aryl methyl sites for hydroxylation is 1. The summed E-state index contributed by atoms with van der Waals surface area (Å²) in [6.45, 7) is 4.11. The van der Waals surface area contributed by atoms with Crippen LogP contribution in [0.5, 0.6) is 0 Å². The molecular weight excluding hydrogens is 464 g/mol. The maximum atomic E-state index is 13.2. The van der Waals surface area contributed by atoms with Gasteiger partial charge in [0.05, 0.1) is 35.1 Å². The lowest BCUT2D eigenvalue weighted by atomic mass is 10.1. The second-order valence-electron chi connectivity index (χ2n) is 8.20. The van der Waals surface area contributed by atoms with Crippen LogP contribution in [0.2, 0.25) is 0 Å². The molecule has 1 aromatic carbocycles. The summed E-state index contributed by atoms with van der Waals surface area (Å²) in [5, 5.41) is 6.12. The maximum Gasteiger partial charge on any atom is 0.340 e. The van der Waals surface area contributed by atoms with Gasteiger partial charge < -0.3 is 18.9 Å². The largest absolute Gasteiger partial charge is 0.452 e. The number of rotatable bonds is 7. The Balaban J connectivity index is 1.55. The minimum Gasteiger partial charge on any atom is -0.452 e. The molecule has 2 fully saturated rings. The van der Waals surface area contributed by atoms with Gasteiger partial charge in [-0.2, -0.15) is 4.31 Å². The molecule has 11 nitrogen and oxygen atoms in total. The van der Waals surface area contributed by atoms with Gasteiger partial charge in [-0.25, -0.2) is 13.2 Å². The van der Waals surface area contributed by atoms with Crippen LogP contribution in [0, 0.1) is 6.92 Å². The van der Waals surface area contributed by atoms with Crippen LogP contribution in [0.3, 0.4) is 0 Å². The normalized spacial score (nSPS) is 17.4.